The molecule has 0 atom stereocenters. The zero-order chi connectivity index (χ0) is 34.4. The van der Waals surface area contributed by atoms with Gasteiger partial charge in [-0.15, -0.1) is 0 Å². The summed E-state index contributed by atoms with van der Waals surface area (Å²) in [7, 11) is 1.56. The van der Waals surface area contributed by atoms with Crippen LogP contribution in [0.25, 0.3) is 44.9 Å². The van der Waals surface area contributed by atoms with E-state index in [9.17, 15) is 13.2 Å². The molecule has 5 heterocycles. The van der Waals surface area contributed by atoms with Crippen molar-refractivity contribution in [1.29, 1.82) is 0 Å². The number of ether oxygens (including phenoxy) is 1. The van der Waals surface area contributed by atoms with Crippen LogP contribution in [0.1, 0.15) is 30.1 Å². The minimum atomic E-state index is -5.08. The average molecular weight is 669 g/mol. The molecule has 0 radical (unpaired) electrons. The molecule has 1 fully saturated rings. The second-order valence-electron chi connectivity index (χ2n) is 11.3. The Labute approximate surface area is 278 Å². The third-order valence-corrected chi connectivity index (χ3v) is 8.06. The predicted octanol–water partition coefficient (Wildman–Crippen LogP) is 6.56. The zero-order valence-corrected chi connectivity index (χ0v) is 26.3. The van der Waals surface area contributed by atoms with Crippen molar-refractivity contribution in [2.45, 2.75) is 31.5 Å². The zero-order valence-electron chi connectivity index (χ0n) is 26.3. The van der Waals surface area contributed by atoms with Crippen molar-refractivity contribution < 1.29 is 27.8 Å². The third-order valence-electron chi connectivity index (χ3n) is 8.06. The number of carbonyl (C=O) groups is 1. The van der Waals surface area contributed by atoms with E-state index < -0.39 is 12.1 Å². The van der Waals surface area contributed by atoms with E-state index in [-0.39, 0.29) is 0 Å². The molecule has 1 aliphatic rings. The van der Waals surface area contributed by atoms with Crippen LogP contribution in [0.4, 0.5) is 13.2 Å². The fourth-order valence-electron chi connectivity index (χ4n) is 5.56. The van der Waals surface area contributed by atoms with Crippen molar-refractivity contribution in [3.05, 3.63) is 103 Å². The highest BCUT2D eigenvalue weighted by molar-refractivity contribution is 5.89. The van der Waals surface area contributed by atoms with Gasteiger partial charge in [0.05, 0.1) is 12.8 Å². The smallest absolute Gasteiger partial charge is 0.475 e. The van der Waals surface area contributed by atoms with Crippen LogP contribution >= 0.6 is 0 Å². The van der Waals surface area contributed by atoms with Gasteiger partial charge in [0.1, 0.15) is 11.5 Å². The van der Waals surface area contributed by atoms with E-state index in [4.69, 9.17) is 24.6 Å². The van der Waals surface area contributed by atoms with E-state index in [1.54, 1.807) is 19.5 Å². The fourth-order valence-corrected chi connectivity index (χ4v) is 5.56. The summed E-state index contributed by atoms with van der Waals surface area (Å²) in [6.07, 6.45) is 0.533. The molecule has 14 heteroatoms. The van der Waals surface area contributed by atoms with Gasteiger partial charge in [0, 0.05) is 41.4 Å². The Hall–Kier alpha value is -5.76. The number of methoxy groups -OCH3 is 1. The number of alkyl halides is 3. The maximum absolute atomic E-state index is 10.6. The summed E-state index contributed by atoms with van der Waals surface area (Å²) in [5.74, 6) is -0.755. The van der Waals surface area contributed by atoms with E-state index in [2.05, 4.69) is 72.5 Å². The molecule has 0 spiro atoms. The second kappa shape index (κ2) is 14.6. The van der Waals surface area contributed by atoms with Crippen LogP contribution in [0.2, 0.25) is 0 Å². The number of carboxylic acids is 1. The Morgan fingerprint density at radius 2 is 1.65 bits per heavy atom. The van der Waals surface area contributed by atoms with Gasteiger partial charge in [0.25, 0.3) is 0 Å². The molecule has 11 nitrogen and oxygen atoms in total. The van der Waals surface area contributed by atoms with Crippen LogP contribution in [0.3, 0.4) is 0 Å². The number of likely N-dealkylation sites (tertiary alicyclic amines) is 1. The third kappa shape index (κ3) is 8.04. The Bertz CT molecular complexity index is 2020. The lowest BCUT2D eigenvalue weighted by Gasteiger charge is -2.31. The van der Waals surface area contributed by atoms with Crippen LogP contribution in [0, 0.1) is 0 Å². The molecule has 1 saturated heterocycles. The summed E-state index contributed by atoms with van der Waals surface area (Å²) in [6.45, 7) is 2.93. The van der Waals surface area contributed by atoms with Crippen molar-refractivity contribution >= 4 is 17.0 Å². The van der Waals surface area contributed by atoms with Crippen molar-refractivity contribution in [2.75, 3.05) is 20.2 Å². The lowest BCUT2D eigenvalue weighted by atomic mass is 9.95. The number of hydrogen-bond acceptors (Lipinski definition) is 9. The fraction of sp³-hybridized carbons (Fsp3) is 0.229. The van der Waals surface area contributed by atoms with Gasteiger partial charge in [0.15, 0.2) is 11.5 Å². The van der Waals surface area contributed by atoms with Gasteiger partial charge in [-0.05, 0) is 55.3 Å². The largest absolute Gasteiger partial charge is 0.490 e. The molecule has 0 saturated carbocycles. The highest BCUT2D eigenvalue weighted by Gasteiger charge is 2.38. The molecule has 0 bridgehead atoms. The number of hydrogen-bond donors (Lipinski definition) is 2. The van der Waals surface area contributed by atoms with Gasteiger partial charge in [-0.2, -0.15) is 23.3 Å². The molecular weight excluding hydrogens is 637 g/mol. The summed E-state index contributed by atoms with van der Waals surface area (Å²) in [5, 5.41) is 15.6. The minimum absolute atomic E-state index is 0.310. The number of H-pyrrole nitrogens is 1. The number of piperidine rings is 1. The van der Waals surface area contributed by atoms with Crippen LogP contribution in [0.15, 0.2) is 91.3 Å². The van der Waals surface area contributed by atoms with E-state index in [1.165, 1.54) is 5.56 Å². The first-order valence-electron chi connectivity index (χ1n) is 15.4. The molecule has 0 aliphatic carbocycles. The number of aromatic amines is 1. The van der Waals surface area contributed by atoms with E-state index in [0.29, 0.717) is 23.4 Å². The quantitative estimate of drug-likeness (QED) is 0.192. The molecule has 7 rings (SSSR count). The Morgan fingerprint density at radius 3 is 2.31 bits per heavy atom. The van der Waals surface area contributed by atoms with Gasteiger partial charge >= 0.3 is 18.2 Å². The normalized spacial score (nSPS) is 13.9. The first-order chi connectivity index (χ1) is 23.7. The summed E-state index contributed by atoms with van der Waals surface area (Å²) >= 11 is 0. The summed E-state index contributed by atoms with van der Waals surface area (Å²) in [6, 6.07) is 27.3. The molecule has 4 aromatic heterocycles. The number of rotatable bonds is 7. The molecule has 2 N–H and O–H groups in total. The molecule has 0 unspecified atom stereocenters. The van der Waals surface area contributed by atoms with E-state index in [0.717, 1.165) is 71.8 Å². The van der Waals surface area contributed by atoms with Crippen LogP contribution in [-0.2, 0) is 11.3 Å². The number of halogens is 3. The molecule has 0 amide bonds. The van der Waals surface area contributed by atoms with Gasteiger partial charge < -0.3 is 9.84 Å². The molecule has 49 heavy (non-hydrogen) atoms. The minimum Gasteiger partial charge on any atom is -0.475 e. The molecule has 1 aliphatic heterocycles. The second-order valence-corrected chi connectivity index (χ2v) is 11.3. The number of aliphatic carboxylic acids is 1. The predicted molar refractivity (Wildman–Crippen MR) is 175 cm³/mol. The van der Waals surface area contributed by atoms with E-state index in [1.807, 2.05) is 36.4 Å². The SMILES string of the molecule is COc1ncc2cc(-c3ccccc3)c(-c3ccc(CN4CCC(c5nc(-c6ccccn6)n[nH]5)CC4)cc3)nc2n1.O=C(O)C(F)(F)F. The van der Waals surface area contributed by atoms with Crippen molar-refractivity contribution in [3.8, 4) is 39.9 Å². The Kier molecular flexibility index (Phi) is 9.85. The van der Waals surface area contributed by atoms with Crippen LogP contribution < -0.4 is 4.74 Å². The highest BCUT2D eigenvalue weighted by Crippen LogP contribution is 2.34. The Morgan fingerprint density at radius 1 is 0.939 bits per heavy atom. The number of aromatic nitrogens is 7. The molecule has 6 aromatic rings. The topological polar surface area (TPSA) is 143 Å². The summed E-state index contributed by atoms with van der Waals surface area (Å²) < 4.78 is 37.0. The molecular formula is C35H31F3N8O3. The number of nitrogens with zero attached hydrogens (tertiary/aromatic N) is 7. The number of pyridine rings is 2. The van der Waals surface area contributed by atoms with Gasteiger partial charge in [-0.1, -0.05) is 60.7 Å². The Balaban J connectivity index is 0.000000540. The number of carboxylic acid groups (broad SMARTS) is 1. The van der Waals surface area contributed by atoms with Crippen LogP contribution in [-0.4, -0.2) is 77.5 Å². The maximum atomic E-state index is 10.6. The van der Waals surface area contributed by atoms with E-state index >= 15 is 0 Å². The van der Waals surface area contributed by atoms with Crippen LogP contribution in [0.5, 0.6) is 6.01 Å². The standard InChI is InChI=1S/C33H30N8O.C2HF3O2/c1-42-33-35-20-26-19-27(23-7-3-2-4-8-23)29(36-30(26)38-33)24-12-10-22(11-13-24)21-41-17-14-25(15-18-41)31-37-32(40-39-31)28-9-5-6-16-34-28;3-2(4,5)1(6)7/h2-13,16,19-20,25H,14-15,17-18,21H2,1H3,(H,37,39,40);(H,6,7). The number of benzene rings is 2. The number of fused-ring (bicyclic) bond motifs is 1. The molecule has 250 valence electrons. The van der Waals surface area contributed by atoms with Crippen molar-refractivity contribution in [2.24, 2.45) is 0 Å². The highest BCUT2D eigenvalue weighted by atomic mass is 19.4. The molecule has 2 aromatic carbocycles. The first-order valence-corrected chi connectivity index (χ1v) is 15.4. The maximum Gasteiger partial charge on any atom is 0.490 e. The monoisotopic (exact) mass is 668 g/mol. The summed E-state index contributed by atoms with van der Waals surface area (Å²) in [4.78, 5) is 34.2. The van der Waals surface area contributed by atoms with Gasteiger partial charge in [-0.3, -0.25) is 15.0 Å². The van der Waals surface area contributed by atoms with Gasteiger partial charge in [-0.25, -0.2) is 19.7 Å². The van der Waals surface area contributed by atoms with Crippen molar-refractivity contribution in [3.63, 3.8) is 0 Å². The van der Waals surface area contributed by atoms with Crippen molar-refractivity contribution in [1.82, 2.24) is 40.0 Å². The lowest BCUT2D eigenvalue weighted by molar-refractivity contribution is -0.192. The lowest BCUT2D eigenvalue weighted by Crippen LogP contribution is -2.32. The van der Waals surface area contributed by atoms with Gasteiger partial charge in [0.2, 0.25) is 0 Å². The average Bonchev–Trinajstić information content (AvgIpc) is 3.63. The first kappa shape index (κ1) is 33.2. The number of nitrogens with one attached hydrogen (secondary N) is 1. The summed E-state index contributed by atoms with van der Waals surface area (Å²) in [5.41, 5.74) is 6.77.